The second kappa shape index (κ2) is 5.67. The molecule has 2 unspecified atom stereocenters. The Labute approximate surface area is 110 Å². The van der Waals surface area contributed by atoms with Gasteiger partial charge in [0.1, 0.15) is 5.82 Å². The van der Waals surface area contributed by atoms with Gasteiger partial charge < -0.3 is 10.4 Å². The summed E-state index contributed by atoms with van der Waals surface area (Å²) < 4.78 is 13.2. The fourth-order valence-electron chi connectivity index (χ4n) is 2.17. The lowest BCUT2D eigenvalue weighted by molar-refractivity contribution is 0.0717. The molecule has 1 fully saturated rings. The summed E-state index contributed by atoms with van der Waals surface area (Å²) in [5.74, 6) is -0.995. The van der Waals surface area contributed by atoms with Crippen molar-refractivity contribution in [2.24, 2.45) is 0 Å². The Kier molecular flexibility index (Phi) is 4.19. The van der Waals surface area contributed by atoms with Crippen LogP contribution in [0.15, 0.2) is 18.2 Å². The maximum atomic E-state index is 13.2. The Morgan fingerprint density at radius 2 is 2.11 bits per heavy atom. The van der Waals surface area contributed by atoms with E-state index in [9.17, 15) is 14.3 Å². The molecule has 0 aromatic heterocycles. The zero-order chi connectivity index (χ0) is 13.1. The summed E-state index contributed by atoms with van der Waals surface area (Å²) in [6.07, 6.45) is 2.89. The molecule has 3 nitrogen and oxygen atoms in total. The van der Waals surface area contributed by atoms with Crippen LogP contribution in [-0.4, -0.2) is 23.2 Å². The highest BCUT2D eigenvalue weighted by molar-refractivity contribution is 6.30. The number of benzene rings is 1. The Hall–Kier alpha value is -1.13. The predicted octanol–water partition coefficient (Wildman–Crippen LogP) is 2.51. The zero-order valence-corrected chi connectivity index (χ0v) is 10.6. The summed E-state index contributed by atoms with van der Waals surface area (Å²) in [7, 11) is 0. The van der Waals surface area contributed by atoms with Gasteiger partial charge in [0.15, 0.2) is 0 Å². The third-order valence-electron chi connectivity index (χ3n) is 3.23. The maximum Gasteiger partial charge on any atom is 0.251 e. The van der Waals surface area contributed by atoms with Crippen molar-refractivity contribution in [1.82, 2.24) is 5.32 Å². The summed E-state index contributed by atoms with van der Waals surface area (Å²) >= 11 is 5.55. The van der Waals surface area contributed by atoms with E-state index in [2.05, 4.69) is 5.32 Å². The van der Waals surface area contributed by atoms with Gasteiger partial charge in [-0.15, -0.1) is 0 Å². The molecule has 98 valence electrons. The molecule has 5 heteroatoms. The Morgan fingerprint density at radius 3 is 2.78 bits per heavy atom. The van der Waals surface area contributed by atoms with Crippen LogP contribution in [0, 0.1) is 5.82 Å². The van der Waals surface area contributed by atoms with Gasteiger partial charge in [0, 0.05) is 5.56 Å². The van der Waals surface area contributed by atoms with Crippen LogP contribution >= 0.6 is 11.6 Å². The molecule has 0 spiro atoms. The molecule has 1 aromatic carbocycles. The first-order chi connectivity index (χ1) is 8.58. The number of aliphatic hydroxyl groups excluding tert-OH is 1. The van der Waals surface area contributed by atoms with E-state index in [1.807, 2.05) is 0 Å². The van der Waals surface area contributed by atoms with Crippen LogP contribution < -0.4 is 5.32 Å². The van der Waals surface area contributed by atoms with Crippen molar-refractivity contribution >= 4 is 17.5 Å². The molecule has 1 saturated carbocycles. The number of rotatable bonds is 2. The quantitative estimate of drug-likeness (QED) is 0.868. The van der Waals surface area contributed by atoms with Crippen molar-refractivity contribution in [2.45, 2.75) is 37.8 Å². The van der Waals surface area contributed by atoms with Crippen LogP contribution in [0.25, 0.3) is 0 Å². The highest BCUT2D eigenvalue weighted by Crippen LogP contribution is 2.20. The van der Waals surface area contributed by atoms with Gasteiger partial charge in [0.05, 0.1) is 17.2 Å². The topological polar surface area (TPSA) is 49.3 Å². The summed E-state index contributed by atoms with van der Waals surface area (Å²) in [6, 6.07) is 3.68. The third kappa shape index (κ3) is 3.00. The lowest BCUT2D eigenvalue weighted by atomic mass is 9.92. The van der Waals surface area contributed by atoms with Crippen molar-refractivity contribution in [2.75, 3.05) is 0 Å². The average Bonchev–Trinajstić information content (AvgIpc) is 2.35. The molecular formula is C13H15ClFNO2. The number of carbonyl (C=O) groups excluding carboxylic acids is 1. The van der Waals surface area contributed by atoms with Crippen molar-refractivity contribution < 1.29 is 14.3 Å². The van der Waals surface area contributed by atoms with E-state index in [1.54, 1.807) is 0 Å². The smallest absolute Gasteiger partial charge is 0.251 e. The molecule has 2 N–H and O–H groups in total. The van der Waals surface area contributed by atoms with Gasteiger partial charge in [-0.3, -0.25) is 4.79 Å². The molecule has 18 heavy (non-hydrogen) atoms. The molecule has 2 rings (SSSR count). The van der Waals surface area contributed by atoms with Gasteiger partial charge in [-0.25, -0.2) is 4.39 Å². The first-order valence-corrected chi connectivity index (χ1v) is 6.39. The van der Waals surface area contributed by atoms with Crippen molar-refractivity contribution in [3.05, 3.63) is 34.6 Å². The Morgan fingerprint density at radius 1 is 1.39 bits per heavy atom. The molecule has 1 amide bonds. The fourth-order valence-corrected chi connectivity index (χ4v) is 2.29. The van der Waals surface area contributed by atoms with E-state index in [0.717, 1.165) is 25.3 Å². The first-order valence-electron chi connectivity index (χ1n) is 6.02. The Balaban J connectivity index is 2.04. The third-order valence-corrected chi connectivity index (χ3v) is 3.53. The van der Waals surface area contributed by atoms with E-state index >= 15 is 0 Å². The molecule has 0 radical (unpaired) electrons. The molecule has 0 saturated heterocycles. The molecule has 0 heterocycles. The molecule has 1 aliphatic carbocycles. The standard InChI is InChI=1S/C13H15ClFNO2/c14-9-6-5-8(7-10(9)15)13(18)16-11-3-1-2-4-12(11)17/h5-7,11-12,17H,1-4H2,(H,16,18). The second-order valence-corrected chi connectivity index (χ2v) is 4.97. The number of hydrogen-bond donors (Lipinski definition) is 2. The van der Waals surface area contributed by atoms with Crippen LogP contribution in [0.4, 0.5) is 4.39 Å². The largest absolute Gasteiger partial charge is 0.391 e. The molecule has 0 bridgehead atoms. The van der Waals surface area contributed by atoms with E-state index in [4.69, 9.17) is 11.6 Å². The highest BCUT2D eigenvalue weighted by atomic mass is 35.5. The van der Waals surface area contributed by atoms with E-state index in [0.29, 0.717) is 6.42 Å². The van der Waals surface area contributed by atoms with Gasteiger partial charge in [-0.05, 0) is 31.0 Å². The number of aliphatic hydroxyl groups is 1. The summed E-state index contributed by atoms with van der Waals surface area (Å²) in [6.45, 7) is 0. The van der Waals surface area contributed by atoms with Crippen molar-refractivity contribution in [3.8, 4) is 0 Å². The minimum Gasteiger partial charge on any atom is -0.391 e. The minimum absolute atomic E-state index is 0.00995. The SMILES string of the molecule is O=C(NC1CCCCC1O)c1ccc(Cl)c(F)c1. The van der Waals surface area contributed by atoms with Gasteiger partial charge >= 0.3 is 0 Å². The minimum atomic E-state index is -0.617. The number of halogens is 2. The average molecular weight is 272 g/mol. The van der Waals surface area contributed by atoms with E-state index < -0.39 is 11.9 Å². The van der Waals surface area contributed by atoms with Gasteiger partial charge in [-0.2, -0.15) is 0 Å². The van der Waals surface area contributed by atoms with Crippen LogP contribution in [-0.2, 0) is 0 Å². The fraction of sp³-hybridized carbons (Fsp3) is 0.462. The maximum absolute atomic E-state index is 13.2. The Bertz CT molecular complexity index is 453. The highest BCUT2D eigenvalue weighted by Gasteiger charge is 2.24. The van der Waals surface area contributed by atoms with Crippen molar-refractivity contribution in [1.29, 1.82) is 0 Å². The van der Waals surface area contributed by atoms with Crippen LogP contribution in [0.2, 0.25) is 5.02 Å². The summed E-state index contributed by atoms with van der Waals surface area (Å²) in [5, 5.41) is 12.5. The predicted molar refractivity (Wildman–Crippen MR) is 67.1 cm³/mol. The normalized spacial score (nSPS) is 23.7. The molecular weight excluding hydrogens is 257 g/mol. The second-order valence-electron chi connectivity index (χ2n) is 4.56. The van der Waals surface area contributed by atoms with Gasteiger partial charge in [0.25, 0.3) is 5.91 Å². The molecule has 1 aromatic rings. The number of hydrogen-bond acceptors (Lipinski definition) is 2. The van der Waals surface area contributed by atoms with Gasteiger partial charge in [0.2, 0.25) is 0 Å². The number of carbonyl (C=O) groups is 1. The van der Waals surface area contributed by atoms with Crippen LogP contribution in [0.5, 0.6) is 0 Å². The van der Waals surface area contributed by atoms with Crippen LogP contribution in [0.1, 0.15) is 36.0 Å². The zero-order valence-electron chi connectivity index (χ0n) is 9.83. The summed E-state index contributed by atoms with van der Waals surface area (Å²) in [5.41, 5.74) is 0.217. The van der Waals surface area contributed by atoms with Crippen LogP contribution in [0.3, 0.4) is 0 Å². The van der Waals surface area contributed by atoms with Crippen molar-refractivity contribution in [3.63, 3.8) is 0 Å². The number of nitrogens with one attached hydrogen (secondary N) is 1. The van der Waals surface area contributed by atoms with Gasteiger partial charge in [-0.1, -0.05) is 24.4 Å². The monoisotopic (exact) mass is 271 g/mol. The van der Waals surface area contributed by atoms with E-state index in [1.165, 1.54) is 12.1 Å². The first kappa shape index (κ1) is 13.3. The molecule has 1 aliphatic rings. The molecule has 0 aliphatic heterocycles. The summed E-state index contributed by atoms with van der Waals surface area (Å²) in [4.78, 5) is 11.9. The lowest BCUT2D eigenvalue weighted by Gasteiger charge is -2.28. The van der Waals surface area contributed by atoms with E-state index in [-0.39, 0.29) is 22.5 Å². The molecule has 2 atom stereocenters. The lowest BCUT2D eigenvalue weighted by Crippen LogP contribution is -2.45. The number of amides is 1.